The van der Waals surface area contributed by atoms with Gasteiger partial charge in [-0.25, -0.2) is 0 Å². The molecule has 2 aliphatic heterocycles. The number of nitrogens with zero attached hydrogens (tertiary/aromatic N) is 2. The summed E-state index contributed by atoms with van der Waals surface area (Å²) in [6, 6.07) is 0. The summed E-state index contributed by atoms with van der Waals surface area (Å²) in [6.45, 7) is 8.70. The van der Waals surface area contributed by atoms with Crippen LogP contribution >= 0.6 is 23.5 Å². The zero-order chi connectivity index (χ0) is 15.7. The molecule has 2 aliphatic rings. The molecule has 1 unspecified atom stereocenters. The molecule has 5 nitrogen and oxygen atoms in total. The third-order valence-corrected chi connectivity index (χ3v) is 6.09. The lowest BCUT2D eigenvalue weighted by atomic mass is 9.96. The Balaban J connectivity index is 1.96. The van der Waals surface area contributed by atoms with Crippen LogP contribution in [0.3, 0.4) is 0 Å². The fourth-order valence-corrected chi connectivity index (χ4v) is 4.72. The van der Waals surface area contributed by atoms with E-state index < -0.39 is 0 Å². The number of aliphatic imine (C=N–C) groups is 1. The van der Waals surface area contributed by atoms with Crippen molar-refractivity contribution in [3.8, 4) is 0 Å². The zero-order valence-corrected chi connectivity index (χ0v) is 15.5. The Morgan fingerprint density at radius 2 is 2.18 bits per heavy atom. The van der Waals surface area contributed by atoms with Crippen molar-refractivity contribution in [2.75, 3.05) is 69.5 Å². The molecule has 2 rings (SSSR count). The summed E-state index contributed by atoms with van der Waals surface area (Å²) in [7, 11) is 0. The Labute approximate surface area is 143 Å². The van der Waals surface area contributed by atoms with Crippen LogP contribution in [0.1, 0.15) is 13.3 Å². The van der Waals surface area contributed by atoms with Crippen molar-refractivity contribution in [3.05, 3.63) is 0 Å². The lowest BCUT2D eigenvalue weighted by molar-refractivity contribution is -0.0104. The molecule has 2 saturated heterocycles. The lowest BCUT2D eigenvalue weighted by Gasteiger charge is -2.42. The number of nitrogens with one attached hydrogen (secondary N) is 2. The van der Waals surface area contributed by atoms with E-state index in [1.165, 1.54) is 17.9 Å². The Kier molecular flexibility index (Phi) is 8.21. The van der Waals surface area contributed by atoms with Gasteiger partial charge in [-0.05, 0) is 25.4 Å². The van der Waals surface area contributed by atoms with E-state index in [4.69, 9.17) is 9.73 Å². The maximum absolute atomic E-state index is 5.52. The van der Waals surface area contributed by atoms with E-state index in [-0.39, 0.29) is 5.54 Å². The molecule has 0 aromatic heterocycles. The van der Waals surface area contributed by atoms with Crippen LogP contribution in [0, 0.1) is 0 Å². The van der Waals surface area contributed by atoms with Crippen molar-refractivity contribution >= 4 is 29.5 Å². The molecule has 0 saturated carbocycles. The van der Waals surface area contributed by atoms with Gasteiger partial charge in [0.25, 0.3) is 0 Å². The molecule has 0 aliphatic carbocycles. The van der Waals surface area contributed by atoms with E-state index in [1.807, 2.05) is 11.8 Å². The predicted molar refractivity (Wildman–Crippen MR) is 99.4 cm³/mol. The van der Waals surface area contributed by atoms with E-state index in [9.17, 15) is 0 Å². The third-order valence-electron chi connectivity index (χ3n) is 4.24. The molecule has 7 heteroatoms. The highest BCUT2D eigenvalue weighted by Gasteiger charge is 2.40. The summed E-state index contributed by atoms with van der Waals surface area (Å²) >= 11 is 3.92. The first-order valence-corrected chi connectivity index (χ1v) is 10.8. The highest BCUT2D eigenvalue weighted by atomic mass is 32.2. The maximum atomic E-state index is 5.52. The van der Waals surface area contributed by atoms with Gasteiger partial charge in [0.15, 0.2) is 5.96 Å². The standard InChI is InChI=1S/C15H30N4OS2/c1-3-16-14(17-5-11-21-2)18-12-15(4-10-22-13-15)19-6-8-20-9-7-19/h3-13H2,1-2H3,(H2,16,17,18). The van der Waals surface area contributed by atoms with Crippen LogP contribution in [0.5, 0.6) is 0 Å². The van der Waals surface area contributed by atoms with Gasteiger partial charge in [0, 0.05) is 37.7 Å². The minimum absolute atomic E-state index is 0.232. The molecule has 1 atom stereocenters. The van der Waals surface area contributed by atoms with Crippen molar-refractivity contribution in [2.24, 2.45) is 4.99 Å². The SMILES string of the molecule is CCNC(=NCC1(N2CCOCC2)CCSC1)NCCSC. The lowest BCUT2D eigenvalue weighted by Crippen LogP contribution is -2.56. The van der Waals surface area contributed by atoms with Crippen molar-refractivity contribution in [1.82, 2.24) is 15.5 Å². The zero-order valence-electron chi connectivity index (χ0n) is 13.9. The summed E-state index contributed by atoms with van der Waals surface area (Å²) in [6.07, 6.45) is 3.38. The van der Waals surface area contributed by atoms with Gasteiger partial charge < -0.3 is 15.4 Å². The van der Waals surface area contributed by atoms with Gasteiger partial charge >= 0.3 is 0 Å². The van der Waals surface area contributed by atoms with Crippen LogP contribution in [0.15, 0.2) is 4.99 Å². The molecule has 2 heterocycles. The maximum Gasteiger partial charge on any atom is 0.191 e. The second-order valence-electron chi connectivity index (χ2n) is 5.74. The fourth-order valence-electron chi connectivity index (χ4n) is 2.95. The molecule has 128 valence electrons. The Morgan fingerprint density at radius 3 is 2.82 bits per heavy atom. The molecule has 0 bridgehead atoms. The number of thioether (sulfide) groups is 2. The van der Waals surface area contributed by atoms with Crippen LogP contribution in [0.4, 0.5) is 0 Å². The smallest absolute Gasteiger partial charge is 0.191 e. The number of guanidine groups is 1. The Morgan fingerprint density at radius 1 is 1.36 bits per heavy atom. The molecule has 2 N–H and O–H groups in total. The van der Waals surface area contributed by atoms with Crippen LogP contribution < -0.4 is 10.6 Å². The highest BCUT2D eigenvalue weighted by molar-refractivity contribution is 7.99. The molecular weight excluding hydrogens is 316 g/mol. The van der Waals surface area contributed by atoms with E-state index in [0.717, 1.165) is 57.6 Å². The quantitative estimate of drug-likeness (QED) is 0.409. The van der Waals surface area contributed by atoms with Gasteiger partial charge in [-0.2, -0.15) is 23.5 Å². The van der Waals surface area contributed by atoms with Crippen molar-refractivity contribution in [2.45, 2.75) is 18.9 Å². The minimum Gasteiger partial charge on any atom is -0.379 e. The first-order chi connectivity index (χ1) is 10.8. The third kappa shape index (κ3) is 5.22. The minimum atomic E-state index is 0.232. The first-order valence-electron chi connectivity index (χ1n) is 8.22. The predicted octanol–water partition coefficient (Wildman–Crippen LogP) is 1.11. The number of ether oxygens (including phenoxy) is 1. The number of hydrogen-bond acceptors (Lipinski definition) is 5. The number of hydrogen-bond donors (Lipinski definition) is 2. The van der Waals surface area contributed by atoms with Crippen LogP contribution in [0.2, 0.25) is 0 Å². The van der Waals surface area contributed by atoms with E-state index in [0.29, 0.717) is 0 Å². The fraction of sp³-hybridized carbons (Fsp3) is 0.933. The number of rotatable bonds is 7. The molecular formula is C15H30N4OS2. The molecule has 0 spiro atoms. The van der Waals surface area contributed by atoms with Gasteiger partial charge in [-0.3, -0.25) is 9.89 Å². The molecule has 0 aromatic rings. The van der Waals surface area contributed by atoms with E-state index >= 15 is 0 Å². The normalized spacial score (nSPS) is 27.1. The van der Waals surface area contributed by atoms with Crippen molar-refractivity contribution in [3.63, 3.8) is 0 Å². The number of morpholine rings is 1. The summed E-state index contributed by atoms with van der Waals surface area (Å²) in [5.74, 6) is 4.51. The van der Waals surface area contributed by atoms with Gasteiger partial charge in [-0.15, -0.1) is 0 Å². The largest absolute Gasteiger partial charge is 0.379 e. The van der Waals surface area contributed by atoms with Gasteiger partial charge in [0.05, 0.1) is 25.3 Å². The van der Waals surface area contributed by atoms with Crippen molar-refractivity contribution in [1.29, 1.82) is 0 Å². The summed E-state index contributed by atoms with van der Waals surface area (Å²) in [4.78, 5) is 7.52. The van der Waals surface area contributed by atoms with Gasteiger partial charge in [-0.1, -0.05) is 0 Å². The highest BCUT2D eigenvalue weighted by Crippen LogP contribution is 2.34. The monoisotopic (exact) mass is 346 g/mol. The molecule has 0 amide bonds. The Hall–Kier alpha value is -0.110. The van der Waals surface area contributed by atoms with Crippen LogP contribution in [-0.4, -0.2) is 85.9 Å². The average Bonchev–Trinajstić information content (AvgIpc) is 3.04. The second kappa shape index (κ2) is 9.90. The van der Waals surface area contributed by atoms with Crippen LogP contribution in [-0.2, 0) is 4.74 Å². The molecule has 0 radical (unpaired) electrons. The van der Waals surface area contributed by atoms with Crippen LogP contribution in [0.25, 0.3) is 0 Å². The van der Waals surface area contributed by atoms with Crippen molar-refractivity contribution < 1.29 is 4.74 Å². The average molecular weight is 347 g/mol. The first kappa shape index (κ1) is 18.2. The van der Waals surface area contributed by atoms with Gasteiger partial charge in [0.1, 0.15) is 0 Å². The van der Waals surface area contributed by atoms with E-state index in [1.54, 1.807) is 0 Å². The molecule has 2 fully saturated rings. The second-order valence-corrected chi connectivity index (χ2v) is 7.83. The summed E-state index contributed by atoms with van der Waals surface area (Å²) in [5, 5.41) is 6.80. The summed E-state index contributed by atoms with van der Waals surface area (Å²) < 4.78 is 5.52. The van der Waals surface area contributed by atoms with Gasteiger partial charge in [0.2, 0.25) is 0 Å². The topological polar surface area (TPSA) is 48.9 Å². The Bertz CT molecular complexity index is 342. The summed E-state index contributed by atoms with van der Waals surface area (Å²) in [5.41, 5.74) is 0.232. The molecule has 22 heavy (non-hydrogen) atoms. The molecule has 0 aromatic carbocycles. The van der Waals surface area contributed by atoms with E-state index in [2.05, 4.69) is 40.5 Å².